The molecule has 0 aliphatic rings. The third-order valence-corrected chi connectivity index (χ3v) is 9.60. The van der Waals surface area contributed by atoms with E-state index in [1.54, 1.807) is 119 Å². The average Bonchev–Trinajstić information content (AvgIpc) is 3.91. The molecule has 0 unspecified atom stereocenters. The lowest BCUT2D eigenvalue weighted by atomic mass is 9.95. The van der Waals surface area contributed by atoms with Gasteiger partial charge in [0.1, 0.15) is 17.3 Å². The summed E-state index contributed by atoms with van der Waals surface area (Å²) in [6.07, 6.45) is 4.94. The summed E-state index contributed by atoms with van der Waals surface area (Å²) in [6.45, 7) is 3.48. The standard InChI is InChI=1S/C51H38N4O/c1-35(2)38-29-30-52-50(31-38)55-46-24-10-9-21-44(46)45-28-27-41(33-49(45)55)56-40-20-13-19-39(32-40)53-34-54(48-26-12-11-25-47(48)53)51-42(36-15-5-3-6-16-36)22-14-23-43(51)37-17-7-4-8-18-37/h3-33,35H,1-2H3/i3D,4D,5D,6D,7D,8D,9D,10D,15D,16D,17D,18D,21D,24D,35D. The number of para-hydroxylation sites is 4. The monoisotopic (exact) mass is 737 g/mol. The zero-order valence-corrected chi connectivity index (χ0v) is 30.0. The van der Waals surface area contributed by atoms with Crippen LogP contribution in [-0.4, -0.2) is 14.1 Å². The zero-order valence-electron chi connectivity index (χ0n) is 45.0. The van der Waals surface area contributed by atoms with Gasteiger partial charge >= 0.3 is 0 Å². The highest BCUT2D eigenvalue weighted by Gasteiger charge is 2.20. The predicted molar refractivity (Wildman–Crippen MR) is 227 cm³/mol. The van der Waals surface area contributed by atoms with Crippen molar-refractivity contribution >= 4 is 32.8 Å². The number of aromatic nitrogens is 4. The Bertz CT molecular complexity index is 3770. The van der Waals surface area contributed by atoms with Crippen molar-refractivity contribution in [3.63, 3.8) is 0 Å². The molecule has 5 nitrogen and oxygen atoms in total. The molecule has 0 saturated carbocycles. The number of fused-ring (bicyclic) bond motifs is 4. The van der Waals surface area contributed by atoms with Crippen LogP contribution >= 0.6 is 0 Å². The lowest BCUT2D eigenvalue weighted by Crippen LogP contribution is -2.31. The summed E-state index contributed by atoms with van der Waals surface area (Å²) in [5.41, 5.74) is 2.92. The molecule has 0 fully saturated rings. The molecule has 5 heteroatoms. The highest BCUT2D eigenvalue weighted by molar-refractivity contribution is 6.09. The first-order valence-electron chi connectivity index (χ1n) is 25.2. The van der Waals surface area contributed by atoms with Crippen LogP contribution in [0.15, 0.2) is 188 Å². The van der Waals surface area contributed by atoms with Crippen molar-refractivity contribution in [3.05, 3.63) is 200 Å². The van der Waals surface area contributed by atoms with Gasteiger partial charge in [0.05, 0.1) is 52.6 Å². The van der Waals surface area contributed by atoms with Gasteiger partial charge in [0.2, 0.25) is 0 Å². The molecule has 0 bridgehead atoms. The number of hydrogen-bond donors (Lipinski definition) is 0. The van der Waals surface area contributed by atoms with Gasteiger partial charge in [-0.15, -0.1) is 0 Å². The van der Waals surface area contributed by atoms with Crippen LogP contribution in [0.25, 0.3) is 72.3 Å². The Labute approximate surface area is 347 Å². The van der Waals surface area contributed by atoms with Crippen molar-refractivity contribution in [3.8, 4) is 50.9 Å². The van der Waals surface area contributed by atoms with Gasteiger partial charge in [-0.3, -0.25) is 13.7 Å². The van der Waals surface area contributed by atoms with Crippen LogP contribution in [0.4, 0.5) is 0 Å². The van der Waals surface area contributed by atoms with Crippen molar-refractivity contribution in [2.24, 2.45) is 0 Å². The second-order valence-electron chi connectivity index (χ2n) is 13.2. The molecule has 0 aliphatic carbocycles. The summed E-state index contributed by atoms with van der Waals surface area (Å²) < 4.78 is 142. The largest absolute Gasteiger partial charge is 0.458 e. The third-order valence-electron chi connectivity index (χ3n) is 9.60. The fraction of sp³-hybridized carbons (Fsp3) is 0.0588. The molecule has 10 aromatic rings. The molecule has 0 N–H and O–H groups in total. The van der Waals surface area contributed by atoms with Crippen LogP contribution in [0, 0.1) is 6.33 Å². The Hall–Kier alpha value is -7.24. The van der Waals surface area contributed by atoms with Crippen LogP contribution in [0.5, 0.6) is 11.5 Å². The van der Waals surface area contributed by atoms with Crippen LogP contribution in [-0.2, 0) is 0 Å². The quantitative estimate of drug-likeness (QED) is 0.115. The number of rotatable bonds is 8. The van der Waals surface area contributed by atoms with Gasteiger partial charge in [-0.2, -0.15) is 0 Å². The SMILES string of the molecule is [2H]c1c([2H])c([2H])c(-c2cccc(-c3c([2H])c([2H])c([2H])c([2H])c3[2H])c2-[n+]2[c-]n(-c3cccc(Oc4ccc5c6c([2H])c([2H])c([2H])c([2H])c6n(-c6cc(C([2H])(C)C)ccn6)c5c4)c3)c3ccccc32)c([2H])c1[2H]. The Balaban J connectivity index is 1.16. The number of pyridine rings is 1. The summed E-state index contributed by atoms with van der Waals surface area (Å²) in [5.74, 6) is 0.0511. The van der Waals surface area contributed by atoms with E-state index in [0.717, 1.165) is 0 Å². The van der Waals surface area contributed by atoms with Gasteiger partial charge in [0.25, 0.3) is 6.33 Å². The highest BCUT2D eigenvalue weighted by atomic mass is 16.5. The minimum absolute atomic E-state index is 0.110. The third kappa shape index (κ3) is 5.82. The van der Waals surface area contributed by atoms with E-state index in [4.69, 9.17) is 25.3 Å². The Kier molecular flexibility index (Phi) is 5.20. The van der Waals surface area contributed by atoms with Gasteiger partial charge in [-0.25, -0.2) is 4.98 Å². The first-order chi connectivity index (χ1) is 33.7. The Morgan fingerprint density at radius 2 is 1.34 bits per heavy atom. The second kappa shape index (κ2) is 13.9. The summed E-state index contributed by atoms with van der Waals surface area (Å²) in [5, 5.41) is 0.818. The van der Waals surface area contributed by atoms with Crippen molar-refractivity contribution in [2.45, 2.75) is 19.7 Å². The molecular weight excluding hydrogens is 685 g/mol. The number of benzene rings is 7. The zero-order chi connectivity index (χ0) is 50.7. The van der Waals surface area contributed by atoms with Crippen molar-refractivity contribution < 1.29 is 29.9 Å². The van der Waals surface area contributed by atoms with E-state index in [9.17, 15) is 0 Å². The molecule has 56 heavy (non-hydrogen) atoms. The number of imidazole rings is 1. The van der Waals surface area contributed by atoms with Crippen LogP contribution < -0.4 is 9.30 Å². The topological polar surface area (TPSA) is 35.9 Å². The first kappa shape index (κ1) is 21.0. The molecule has 7 aromatic carbocycles. The molecule has 0 atom stereocenters. The van der Waals surface area contributed by atoms with E-state index in [1.807, 2.05) is 6.07 Å². The normalized spacial score (nSPS) is 15.5. The van der Waals surface area contributed by atoms with E-state index in [2.05, 4.69) is 11.3 Å². The van der Waals surface area contributed by atoms with Crippen molar-refractivity contribution in [1.82, 2.24) is 14.1 Å². The fourth-order valence-electron chi connectivity index (χ4n) is 7.05. The molecule has 3 aromatic heterocycles. The minimum atomic E-state index is -1.00. The summed E-state index contributed by atoms with van der Waals surface area (Å²) in [6, 6.07) is 20.6. The van der Waals surface area contributed by atoms with E-state index in [0.29, 0.717) is 55.9 Å². The maximum absolute atomic E-state index is 8.99. The maximum atomic E-state index is 8.99. The molecule has 0 saturated heterocycles. The first-order valence-corrected chi connectivity index (χ1v) is 17.7. The molecule has 0 aliphatic heterocycles. The molecular formula is C51H38N4O. The molecule has 10 rings (SSSR count). The number of ether oxygens (including phenoxy) is 1. The summed E-state index contributed by atoms with van der Waals surface area (Å²) >= 11 is 0. The van der Waals surface area contributed by atoms with Crippen LogP contribution in [0.2, 0.25) is 0 Å². The predicted octanol–water partition coefficient (Wildman–Crippen LogP) is 12.4. The smallest absolute Gasteiger partial charge is 0.269 e. The summed E-state index contributed by atoms with van der Waals surface area (Å²) in [7, 11) is 0. The minimum Gasteiger partial charge on any atom is -0.458 e. The molecule has 0 radical (unpaired) electrons. The number of nitrogens with zero attached hydrogens (tertiary/aromatic N) is 4. The second-order valence-corrected chi connectivity index (χ2v) is 13.2. The maximum Gasteiger partial charge on any atom is 0.269 e. The molecule has 0 spiro atoms. The van der Waals surface area contributed by atoms with E-state index < -0.39 is 72.4 Å². The van der Waals surface area contributed by atoms with Gasteiger partial charge < -0.3 is 4.74 Å². The lowest BCUT2D eigenvalue weighted by molar-refractivity contribution is -0.571. The average molecular weight is 738 g/mol. The van der Waals surface area contributed by atoms with Gasteiger partial charge in [-0.1, -0.05) is 141 Å². The lowest BCUT2D eigenvalue weighted by Gasteiger charge is -2.17. The van der Waals surface area contributed by atoms with E-state index in [1.165, 1.54) is 6.07 Å². The van der Waals surface area contributed by atoms with E-state index in [-0.39, 0.29) is 51.6 Å². The molecule has 0 amide bonds. The molecule has 3 heterocycles. The Morgan fingerprint density at radius 1 is 0.643 bits per heavy atom. The van der Waals surface area contributed by atoms with Gasteiger partial charge in [0.15, 0.2) is 0 Å². The van der Waals surface area contributed by atoms with Gasteiger partial charge in [-0.05, 0) is 82.2 Å². The highest BCUT2D eigenvalue weighted by Crippen LogP contribution is 2.37. The summed E-state index contributed by atoms with van der Waals surface area (Å²) in [4.78, 5) is 4.60. The van der Waals surface area contributed by atoms with Crippen LogP contribution in [0.1, 0.15) is 45.9 Å². The Morgan fingerprint density at radius 3 is 2.11 bits per heavy atom. The van der Waals surface area contributed by atoms with Crippen molar-refractivity contribution in [1.29, 1.82) is 0 Å². The molecule has 268 valence electrons. The van der Waals surface area contributed by atoms with Crippen LogP contribution in [0.3, 0.4) is 0 Å². The van der Waals surface area contributed by atoms with Crippen molar-refractivity contribution in [2.75, 3.05) is 0 Å². The van der Waals surface area contributed by atoms with Gasteiger partial charge in [0, 0.05) is 24.4 Å². The fourth-order valence-corrected chi connectivity index (χ4v) is 7.05. The van der Waals surface area contributed by atoms with E-state index >= 15 is 0 Å². The number of hydrogen-bond acceptors (Lipinski definition) is 2.